The zero-order valence-electron chi connectivity index (χ0n) is 7.91. The van der Waals surface area contributed by atoms with Crippen molar-refractivity contribution in [3.05, 3.63) is 23.5 Å². The molecule has 2 rings (SSSR count). The van der Waals surface area contributed by atoms with E-state index in [-0.39, 0.29) is 0 Å². The van der Waals surface area contributed by atoms with Crippen LogP contribution in [0.4, 0.5) is 0 Å². The van der Waals surface area contributed by atoms with Gasteiger partial charge in [-0.15, -0.1) is 0 Å². The van der Waals surface area contributed by atoms with Crippen LogP contribution in [-0.4, -0.2) is 14.9 Å². The summed E-state index contributed by atoms with van der Waals surface area (Å²) >= 11 is 0. The van der Waals surface area contributed by atoms with Crippen LogP contribution in [0.15, 0.2) is 17.2 Å². The summed E-state index contributed by atoms with van der Waals surface area (Å²) in [6.45, 7) is 4.19. The first-order valence-electron chi connectivity index (χ1n) is 4.56. The third-order valence-electron chi connectivity index (χ3n) is 2.34. The van der Waals surface area contributed by atoms with E-state index in [1.807, 2.05) is 12.3 Å². The summed E-state index contributed by atoms with van der Waals surface area (Å²) < 4.78 is 11.7. The molecule has 0 saturated carbocycles. The van der Waals surface area contributed by atoms with Crippen LogP contribution >= 0.6 is 0 Å². The first-order chi connectivity index (χ1) is 6.20. The van der Waals surface area contributed by atoms with E-state index in [0.717, 1.165) is 22.8 Å². The first kappa shape index (κ1) is 8.88. The maximum Gasteiger partial charge on any atom is 0.0638 e. The van der Waals surface area contributed by atoms with Gasteiger partial charge in [-0.1, -0.05) is 13.8 Å². The van der Waals surface area contributed by atoms with Gasteiger partial charge in [0, 0.05) is 11.9 Å². The second-order valence-corrected chi connectivity index (χ2v) is 5.15. The number of hydrogen-bond acceptors (Lipinski definition) is 2. The average molecular weight is 195 g/mol. The lowest BCUT2D eigenvalue weighted by molar-refractivity contribution is 0.682. The molecule has 0 aliphatic carbocycles. The van der Waals surface area contributed by atoms with Crippen LogP contribution in [0.3, 0.4) is 0 Å². The van der Waals surface area contributed by atoms with E-state index in [2.05, 4.69) is 18.8 Å². The minimum absolute atomic E-state index is 0.372. The van der Waals surface area contributed by atoms with E-state index in [4.69, 9.17) is 0 Å². The van der Waals surface area contributed by atoms with Crippen LogP contribution in [0, 0.1) is 0 Å². The molecule has 0 spiro atoms. The molecule has 3 heteroatoms. The van der Waals surface area contributed by atoms with Gasteiger partial charge in [-0.3, -0.25) is 9.19 Å². The highest BCUT2D eigenvalue weighted by Crippen LogP contribution is 2.28. The summed E-state index contributed by atoms with van der Waals surface area (Å²) in [7, 11) is -0.792. The number of rotatable bonds is 1. The van der Waals surface area contributed by atoms with E-state index >= 15 is 0 Å². The van der Waals surface area contributed by atoms with E-state index in [9.17, 15) is 4.21 Å². The number of aromatic nitrogens is 1. The molecule has 0 radical (unpaired) electrons. The summed E-state index contributed by atoms with van der Waals surface area (Å²) in [6, 6.07) is 1.99. The zero-order valence-corrected chi connectivity index (χ0v) is 8.73. The van der Waals surface area contributed by atoms with Crippen LogP contribution in [-0.2, 0) is 17.2 Å². The molecule has 0 aromatic carbocycles. The summed E-state index contributed by atoms with van der Waals surface area (Å²) in [5, 5.41) is 0. The summed E-state index contributed by atoms with van der Waals surface area (Å²) in [4.78, 5) is 5.32. The van der Waals surface area contributed by atoms with E-state index in [0.29, 0.717) is 5.92 Å². The minimum Gasteiger partial charge on any atom is -0.260 e. The Morgan fingerprint density at radius 3 is 3.00 bits per heavy atom. The molecule has 13 heavy (non-hydrogen) atoms. The topological polar surface area (TPSA) is 30.0 Å². The molecule has 1 atom stereocenters. The Bertz CT molecular complexity index is 360. The second kappa shape index (κ2) is 3.22. The molecule has 0 saturated heterocycles. The van der Waals surface area contributed by atoms with E-state index < -0.39 is 10.8 Å². The third-order valence-corrected chi connectivity index (χ3v) is 3.85. The number of nitrogens with zero attached hydrogens (tertiary/aromatic N) is 1. The molecule has 2 heterocycles. The van der Waals surface area contributed by atoms with Gasteiger partial charge in [-0.2, -0.15) is 0 Å². The molecule has 0 fully saturated rings. The fourth-order valence-electron chi connectivity index (χ4n) is 1.68. The van der Waals surface area contributed by atoms with E-state index in [1.54, 1.807) is 0 Å². The molecule has 1 unspecified atom stereocenters. The van der Waals surface area contributed by atoms with Crippen molar-refractivity contribution in [2.45, 2.75) is 31.1 Å². The van der Waals surface area contributed by atoms with Gasteiger partial charge in [0.2, 0.25) is 0 Å². The SMILES string of the molecule is CC(C)c1nccc2c1S(=O)CC2. The lowest BCUT2D eigenvalue weighted by Crippen LogP contribution is -2.00. The molecule has 0 N–H and O–H groups in total. The molecule has 1 aromatic heterocycles. The monoisotopic (exact) mass is 195 g/mol. The fraction of sp³-hybridized carbons (Fsp3) is 0.500. The zero-order chi connectivity index (χ0) is 9.42. The number of aryl methyl sites for hydroxylation is 1. The van der Waals surface area contributed by atoms with Gasteiger partial charge in [0.15, 0.2) is 0 Å². The predicted octanol–water partition coefficient (Wildman–Crippen LogP) is 1.87. The highest BCUT2D eigenvalue weighted by atomic mass is 32.2. The normalized spacial score (nSPS) is 20.7. The molecular formula is C10H13NOS. The fourth-order valence-corrected chi connectivity index (χ4v) is 3.28. The number of pyridine rings is 1. The van der Waals surface area contributed by atoms with Crippen molar-refractivity contribution in [2.75, 3.05) is 5.75 Å². The molecule has 1 aliphatic rings. The van der Waals surface area contributed by atoms with Crippen LogP contribution in [0.1, 0.15) is 31.0 Å². The molecular weight excluding hydrogens is 182 g/mol. The van der Waals surface area contributed by atoms with Crippen molar-refractivity contribution in [3.63, 3.8) is 0 Å². The highest BCUT2D eigenvalue weighted by Gasteiger charge is 2.23. The van der Waals surface area contributed by atoms with Crippen molar-refractivity contribution in [2.24, 2.45) is 0 Å². The Kier molecular flexibility index (Phi) is 2.20. The van der Waals surface area contributed by atoms with Crippen molar-refractivity contribution >= 4 is 10.8 Å². The third kappa shape index (κ3) is 1.41. The number of hydrogen-bond donors (Lipinski definition) is 0. The Labute approximate surface area is 80.8 Å². The quantitative estimate of drug-likeness (QED) is 0.684. The van der Waals surface area contributed by atoms with Gasteiger partial charge in [-0.25, -0.2) is 0 Å². The molecule has 0 amide bonds. The summed E-state index contributed by atoms with van der Waals surface area (Å²) in [6.07, 6.45) is 2.78. The van der Waals surface area contributed by atoms with Crippen molar-refractivity contribution in [1.29, 1.82) is 0 Å². The largest absolute Gasteiger partial charge is 0.260 e. The first-order valence-corrected chi connectivity index (χ1v) is 5.88. The van der Waals surface area contributed by atoms with Crippen molar-refractivity contribution in [3.8, 4) is 0 Å². The van der Waals surface area contributed by atoms with E-state index in [1.165, 1.54) is 5.56 Å². The number of fused-ring (bicyclic) bond motifs is 1. The van der Waals surface area contributed by atoms with Gasteiger partial charge >= 0.3 is 0 Å². The lowest BCUT2D eigenvalue weighted by atomic mass is 10.1. The minimum atomic E-state index is -0.792. The Hall–Kier alpha value is -0.700. The van der Waals surface area contributed by atoms with Gasteiger partial charge in [-0.05, 0) is 24.0 Å². The second-order valence-electron chi connectivity index (χ2n) is 3.64. The Balaban J connectivity index is 2.60. The van der Waals surface area contributed by atoms with Crippen molar-refractivity contribution in [1.82, 2.24) is 4.98 Å². The maximum atomic E-state index is 11.7. The summed E-state index contributed by atoms with van der Waals surface area (Å²) in [5.41, 5.74) is 2.25. The standard InChI is InChI=1S/C10H13NOS/c1-7(2)9-10-8(3-5-11-9)4-6-13(10)12/h3,5,7H,4,6H2,1-2H3. The van der Waals surface area contributed by atoms with Crippen LogP contribution in [0.25, 0.3) is 0 Å². The molecule has 1 aromatic rings. The summed E-state index contributed by atoms with van der Waals surface area (Å²) in [5.74, 6) is 1.15. The van der Waals surface area contributed by atoms with Crippen LogP contribution in [0.2, 0.25) is 0 Å². The maximum absolute atomic E-state index is 11.7. The molecule has 70 valence electrons. The lowest BCUT2D eigenvalue weighted by Gasteiger charge is -2.08. The van der Waals surface area contributed by atoms with Crippen LogP contribution < -0.4 is 0 Å². The van der Waals surface area contributed by atoms with Gasteiger partial charge in [0.1, 0.15) is 0 Å². The molecule has 1 aliphatic heterocycles. The predicted molar refractivity (Wildman–Crippen MR) is 53.3 cm³/mol. The van der Waals surface area contributed by atoms with Gasteiger partial charge < -0.3 is 0 Å². The van der Waals surface area contributed by atoms with Gasteiger partial charge in [0.05, 0.1) is 21.4 Å². The Morgan fingerprint density at radius 1 is 1.54 bits per heavy atom. The highest BCUT2D eigenvalue weighted by molar-refractivity contribution is 7.85. The molecule has 2 nitrogen and oxygen atoms in total. The average Bonchev–Trinajstić information content (AvgIpc) is 2.48. The van der Waals surface area contributed by atoms with Crippen molar-refractivity contribution < 1.29 is 4.21 Å². The molecule has 0 bridgehead atoms. The van der Waals surface area contributed by atoms with Crippen LogP contribution in [0.5, 0.6) is 0 Å². The van der Waals surface area contributed by atoms with Gasteiger partial charge in [0.25, 0.3) is 0 Å². The Morgan fingerprint density at radius 2 is 2.31 bits per heavy atom. The smallest absolute Gasteiger partial charge is 0.0638 e.